The van der Waals surface area contributed by atoms with Gasteiger partial charge in [0.25, 0.3) is 0 Å². The molecule has 3 rings (SSSR count). The molecule has 3 radical (unpaired) electrons. The van der Waals surface area contributed by atoms with E-state index in [1.165, 1.54) is 10.6 Å². The zero-order valence-electron chi connectivity index (χ0n) is 14.8. The van der Waals surface area contributed by atoms with Crippen LogP contribution in [0.25, 0.3) is 0 Å². The third-order valence-corrected chi connectivity index (χ3v) is 6.90. The SMILES string of the molecule is N[C@@H](Cc1ccccc1)[C@H](O)CP(c1ccccc1)c1ccccc1.[B]. The summed E-state index contributed by atoms with van der Waals surface area (Å²) in [5, 5.41) is 13.3. The molecular weight excluding hydrogens is 336 g/mol. The van der Waals surface area contributed by atoms with Crippen molar-refractivity contribution in [3.63, 3.8) is 0 Å². The van der Waals surface area contributed by atoms with Crippen molar-refractivity contribution < 1.29 is 5.11 Å². The summed E-state index contributed by atoms with van der Waals surface area (Å²) < 4.78 is 0. The number of nitrogens with two attached hydrogens (primary N) is 1. The molecule has 0 fully saturated rings. The highest BCUT2D eigenvalue weighted by Crippen LogP contribution is 2.34. The van der Waals surface area contributed by atoms with Gasteiger partial charge in [-0.25, -0.2) is 0 Å². The van der Waals surface area contributed by atoms with Crippen LogP contribution in [0.1, 0.15) is 5.56 Å². The molecule has 2 nitrogen and oxygen atoms in total. The van der Waals surface area contributed by atoms with E-state index in [1.54, 1.807) is 0 Å². The molecule has 0 amide bonds. The Balaban J connectivity index is 0.00000243. The fourth-order valence-electron chi connectivity index (χ4n) is 2.92. The summed E-state index contributed by atoms with van der Waals surface area (Å²) >= 11 is 0. The Bertz CT molecular complexity index is 715. The first-order valence-corrected chi connectivity index (χ1v) is 10.1. The second-order valence-corrected chi connectivity index (χ2v) is 8.46. The van der Waals surface area contributed by atoms with Gasteiger partial charge in [-0.15, -0.1) is 0 Å². The van der Waals surface area contributed by atoms with E-state index < -0.39 is 14.0 Å². The minimum atomic E-state index is -0.627. The van der Waals surface area contributed by atoms with Crippen LogP contribution in [0.4, 0.5) is 0 Å². The molecule has 0 heterocycles. The standard InChI is InChI=1S/C22H24NOP.B/c23-21(16-18-10-4-1-5-11-18)22(24)17-25(19-12-6-2-7-13-19)20-14-8-3-9-15-20;/h1-15,21-22,24H,16-17,23H2;/t21-,22+;/m0./s1. The molecule has 0 saturated heterocycles. The van der Waals surface area contributed by atoms with E-state index in [0.717, 1.165) is 5.56 Å². The lowest BCUT2D eigenvalue weighted by Gasteiger charge is -2.25. The molecule has 0 aliphatic heterocycles. The maximum Gasteiger partial charge on any atom is 0.0739 e. The molecule has 0 unspecified atom stereocenters. The molecule has 3 aromatic rings. The zero-order chi connectivity index (χ0) is 17.5. The zero-order valence-corrected chi connectivity index (χ0v) is 15.7. The van der Waals surface area contributed by atoms with Gasteiger partial charge >= 0.3 is 0 Å². The molecule has 131 valence electrons. The normalized spacial score (nSPS) is 13.0. The van der Waals surface area contributed by atoms with Crippen molar-refractivity contribution in [2.24, 2.45) is 5.73 Å². The van der Waals surface area contributed by atoms with Crippen LogP contribution in [0.2, 0.25) is 0 Å². The minimum absolute atomic E-state index is 0. The lowest BCUT2D eigenvalue weighted by molar-refractivity contribution is 0.167. The number of aliphatic hydroxyl groups excluding tert-OH is 1. The summed E-state index contributed by atoms with van der Waals surface area (Å²) in [7, 11) is -0.627. The van der Waals surface area contributed by atoms with E-state index in [0.29, 0.717) is 12.6 Å². The third kappa shape index (κ3) is 5.54. The smallest absolute Gasteiger partial charge is 0.0739 e. The molecule has 26 heavy (non-hydrogen) atoms. The molecule has 0 aromatic heterocycles. The molecular formula is C22H24BNOP. The Hall–Kier alpha value is -1.93. The first kappa shape index (κ1) is 20.4. The van der Waals surface area contributed by atoms with Crippen molar-refractivity contribution in [2.75, 3.05) is 6.16 Å². The fraction of sp³-hybridized carbons (Fsp3) is 0.182. The molecule has 4 heteroatoms. The first-order valence-electron chi connectivity index (χ1n) is 8.59. The van der Waals surface area contributed by atoms with E-state index in [1.807, 2.05) is 30.3 Å². The van der Waals surface area contributed by atoms with Gasteiger partial charge < -0.3 is 10.8 Å². The van der Waals surface area contributed by atoms with Crippen molar-refractivity contribution in [1.82, 2.24) is 0 Å². The van der Waals surface area contributed by atoms with Crippen LogP contribution >= 0.6 is 7.92 Å². The summed E-state index contributed by atoms with van der Waals surface area (Å²) in [4.78, 5) is 0. The van der Waals surface area contributed by atoms with Crippen LogP contribution in [-0.2, 0) is 6.42 Å². The summed E-state index contributed by atoms with van der Waals surface area (Å²) in [6.07, 6.45) is 0.832. The largest absolute Gasteiger partial charge is 0.391 e. The van der Waals surface area contributed by atoms with Crippen molar-refractivity contribution in [3.05, 3.63) is 96.6 Å². The van der Waals surface area contributed by atoms with Gasteiger partial charge in [0.05, 0.1) is 6.10 Å². The maximum absolute atomic E-state index is 10.8. The van der Waals surface area contributed by atoms with Crippen molar-refractivity contribution >= 4 is 26.9 Å². The summed E-state index contributed by atoms with van der Waals surface area (Å²) in [5.41, 5.74) is 7.48. The van der Waals surface area contributed by atoms with Crippen LogP contribution < -0.4 is 16.3 Å². The van der Waals surface area contributed by atoms with Gasteiger partial charge in [0, 0.05) is 20.6 Å². The van der Waals surface area contributed by atoms with Crippen LogP contribution in [0, 0.1) is 0 Å². The average molecular weight is 360 g/mol. The summed E-state index contributed by atoms with van der Waals surface area (Å²) in [6, 6.07) is 30.7. The third-order valence-electron chi connectivity index (χ3n) is 4.31. The topological polar surface area (TPSA) is 46.2 Å². The van der Waals surface area contributed by atoms with Gasteiger partial charge in [-0.3, -0.25) is 0 Å². The highest BCUT2D eigenvalue weighted by Gasteiger charge is 2.22. The fourth-order valence-corrected chi connectivity index (χ4v) is 5.35. The molecule has 0 saturated carbocycles. The molecule has 0 aliphatic carbocycles. The van der Waals surface area contributed by atoms with Gasteiger partial charge in [-0.2, -0.15) is 0 Å². The number of hydrogen-bond donors (Lipinski definition) is 2. The molecule has 3 N–H and O–H groups in total. The Morgan fingerprint density at radius 1 is 0.731 bits per heavy atom. The predicted molar refractivity (Wildman–Crippen MR) is 114 cm³/mol. The summed E-state index contributed by atoms with van der Waals surface area (Å²) in [5.74, 6) is 0. The van der Waals surface area contributed by atoms with Crippen LogP contribution in [0.5, 0.6) is 0 Å². The van der Waals surface area contributed by atoms with Crippen molar-refractivity contribution in [1.29, 1.82) is 0 Å². The predicted octanol–water partition coefficient (Wildman–Crippen LogP) is 2.67. The number of hydrogen-bond acceptors (Lipinski definition) is 2. The van der Waals surface area contributed by atoms with Crippen LogP contribution in [0.3, 0.4) is 0 Å². The van der Waals surface area contributed by atoms with E-state index in [9.17, 15) is 5.11 Å². The van der Waals surface area contributed by atoms with Crippen LogP contribution in [0.15, 0.2) is 91.0 Å². The molecule has 0 aliphatic rings. The first-order chi connectivity index (χ1) is 12.2. The van der Waals surface area contributed by atoms with Gasteiger partial charge in [0.15, 0.2) is 0 Å². The Morgan fingerprint density at radius 2 is 1.15 bits per heavy atom. The van der Waals surface area contributed by atoms with Gasteiger partial charge in [0.1, 0.15) is 0 Å². The Morgan fingerprint density at radius 3 is 1.62 bits per heavy atom. The number of rotatable bonds is 7. The van der Waals surface area contributed by atoms with E-state index >= 15 is 0 Å². The van der Waals surface area contributed by atoms with E-state index in [2.05, 4.69) is 60.7 Å². The van der Waals surface area contributed by atoms with Crippen molar-refractivity contribution in [3.8, 4) is 0 Å². The average Bonchev–Trinajstić information content (AvgIpc) is 2.68. The monoisotopic (exact) mass is 360 g/mol. The van der Waals surface area contributed by atoms with Gasteiger partial charge in [-0.05, 0) is 30.5 Å². The van der Waals surface area contributed by atoms with Gasteiger partial charge in [0.2, 0.25) is 0 Å². The quantitative estimate of drug-likeness (QED) is 0.503. The molecule has 0 bridgehead atoms. The molecule has 2 atom stereocenters. The molecule has 0 spiro atoms. The lowest BCUT2D eigenvalue weighted by Crippen LogP contribution is -2.40. The van der Waals surface area contributed by atoms with E-state index in [4.69, 9.17) is 5.73 Å². The second kappa shape index (κ2) is 10.3. The van der Waals surface area contributed by atoms with Crippen molar-refractivity contribution in [2.45, 2.75) is 18.6 Å². The second-order valence-electron chi connectivity index (χ2n) is 6.20. The highest BCUT2D eigenvalue weighted by molar-refractivity contribution is 7.73. The minimum Gasteiger partial charge on any atom is -0.391 e. The van der Waals surface area contributed by atoms with Gasteiger partial charge in [-0.1, -0.05) is 91.0 Å². The number of benzene rings is 3. The Kier molecular flexibility index (Phi) is 8.06. The number of aliphatic hydroxyl groups is 1. The van der Waals surface area contributed by atoms with E-state index in [-0.39, 0.29) is 14.5 Å². The lowest BCUT2D eigenvalue weighted by atomic mass is 10.0. The maximum atomic E-state index is 10.8. The highest BCUT2D eigenvalue weighted by atomic mass is 31.1. The molecule has 3 aromatic carbocycles. The summed E-state index contributed by atoms with van der Waals surface area (Å²) in [6.45, 7) is 0. The van der Waals surface area contributed by atoms with Crippen LogP contribution in [-0.4, -0.2) is 31.8 Å². The Labute approximate surface area is 159 Å².